The molecular weight excluding hydrogens is 316 g/mol. The van der Waals surface area contributed by atoms with E-state index in [0.29, 0.717) is 18.7 Å². The molecule has 0 saturated heterocycles. The Morgan fingerprint density at radius 1 is 1.00 bits per heavy atom. The van der Waals surface area contributed by atoms with Gasteiger partial charge in [0.1, 0.15) is 18.1 Å². The second-order valence-corrected chi connectivity index (χ2v) is 5.42. The van der Waals surface area contributed by atoms with Crippen molar-refractivity contribution in [1.29, 1.82) is 0 Å². The summed E-state index contributed by atoms with van der Waals surface area (Å²) in [6, 6.07) is 18.7. The standard InChI is InChI=1S/C20H20N2O3/c1-24-18-7-9-19(10-8-18)25-14-11-21-20(23)16-5-4-6-17(15-16)22-12-2-3-13-22/h2-10,12-13,15H,11,14H2,1H3,(H,21,23). The summed E-state index contributed by atoms with van der Waals surface area (Å²) in [6.45, 7) is 0.827. The van der Waals surface area contributed by atoms with Gasteiger partial charge in [0.15, 0.2) is 0 Å². The Morgan fingerprint density at radius 2 is 1.72 bits per heavy atom. The van der Waals surface area contributed by atoms with Gasteiger partial charge in [-0.1, -0.05) is 6.07 Å². The number of benzene rings is 2. The molecule has 0 aliphatic carbocycles. The molecule has 0 aliphatic heterocycles. The predicted octanol–water partition coefficient (Wildman–Crippen LogP) is 3.29. The van der Waals surface area contributed by atoms with Crippen molar-refractivity contribution in [2.45, 2.75) is 0 Å². The zero-order valence-electron chi connectivity index (χ0n) is 14.0. The van der Waals surface area contributed by atoms with Crippen LogP contribution in [0, 0.1) is 0 Å². The van der Waals surface area contributed by atoms with Crippen molar-refractivity contribution in [2.75, 3.05) is 20.3 Å². The highest BCUT2D eigenvalue weighted by molar-refractivity contribution is 5.94. The summed E-state index contributed by atoms with van der Waals surface area (Å²) in [5.74, 6) is 1.40. The van der Waals surface area contributed by atoms with Crippen LogP contribution in [-0.2, 0) is 0 Å². The molecule has 5 heteroatoms. The topological polar surface area (TPSA) is 52.5 Å². The van der Waals surface area contributed by atoms with Gasteiger partial charge in [0.05, 0.1) is 13.7 Å². The minimum atomic E-state index is -0.118. The van der Waals surface area contributed by atoms with Gasteiger partial charge in [-0.3, -0.25) is 4.79 Å². The summed E-state index contributed by atoms with van der Waals surface area (Å²) in [6.07, 6.45) is 3.89. The summed E-state index contributed by atoms with van der Waals surface area (Å²) in [4.78, 5) is 12.3. The zero-order valence-corrected chi connectivity index (χ0v) is 14.0. The lowest BCUT2D eigenvalue weighted by Gasteiger charge is -2.09. The fraction of sp³-hybridized carbons (Fsp3) is 0.150. The molecule has 5 nitrogen and oxygen atoms in total. The molecule has 1 amide bonds. The predicted molar refractivity (Wildman–Crippen MR) is 96.6 cm³/mol. The van der Waals surface area contributed by atoms with Gasteiger partial charge in [-0.15, -0.1) is 0 Å². The molecule has 0 spiro atoms. The maximum Gasteiger partial charge on any atom is 0.251 e. The summed E-state index contributed by atoms with van der Waals surface area (Å²) in [5, 5.41) is 2.87. The minimum Gasteiger partial charge on any atom is -0.497 e. The number of carbonyl (C=O) groups is 1. The summed E-state index contributed by atoms with van der Waals surface area (Å²) < 4.78 is 12.7. The number of nitrogens with zero attached hydrogens (tertiary/aromatic N) is 1. The first-order valence-electron chi connectivity index (χ1n) is 8.05. The lowest BCUT2D eigenvalue weighted by molar-refractivity contribution is 0.0947. The van der Waals surface area contributed by atoms with Crippen LogP contribution < -0.4 is 14.8 Å². The molecule has 3 rings (SSSR count). The highest BCUT2D eigenvalue weighted by Crippen LogP contribution is 2.16. The fourth-order valence-electron chi connectivity index (χ4n) is 2.42. The van der Waals surface area contributed by atoms with Crippen molar-refractivity contribution in [1.82, 2.24) is 9.88 Å². The Hall–Kier alpha value is -3.21. The van der Waals surface area contributed by atoms with Gasteiger partial charge in [-0.05, 0) is 54.6 Å². The number of ether oxygens (including phenoxy) is 2. The first-order chi connectivity index (χ1) is 12.3. The van der Waals surface area contributed by atoms with E-state index < -0.39 is 0 Å². The highest BCUT2D eigenvalue weighted by atomic mass is 16.5. The van der Waals surface area contributed by atoms with Crippen molar-refractivity contribution >= 4 is 5.91 Å². The van der Waals surface area contributed by atoms with Crippen molar-refractivity contribution in [3.05, 3.63) is 78.6 Å². The molecule has 2 aromatic carbocycles. The molecule has 0 aliphatic rings. The summed E-state index contributed by atoms with van der Waals surface area (Å²) in [5.41, 5.74) is 1.57. The second kappa shape index (κ2) is 8.06. The van der Waals surface area contributed by atoms with E-state index in [2.05, 4.69) is 5.32 Å². The average Bonchev–Trinajstić information content (AvgIpc) is 3.20. The van der Waals surface area contributed by atoms with Crippen LogP contribution in [0.1, 0.15) is 10.4 Å². The van der Waals surface area contributed by atoms with E-state index in [1.807, 2.05) is 71.6 Å². The monoisotopic (exact) mass is 336 g/mol. The Balaban J connectivity index is 1.50. The van der Waals surface area contributed by atoms with E-state index in [1.165, 1.54) is 0 Å². The molecule has 25 heavy (non-hydrogen) atoms. The Labute approximate surface area is 146 Å². The van der Waals surface area contributed by atoms with Crippen molar-refractivity contribution in [3.63, 3.8) is 0 Å². The Bertz CT molecular complexity index is 811. The highest BCUT2D eigenvalue weighted by Gasteiger charge is 2.06. The number of rotatable bonds is 7. The third-order valence-electron chi connectivity index (χ3n) is 3.73. The van der Waals surface area contributed by atoms with Gasteiger partial charge in [-0.25, -0.2) is 0 Å². The van der Waals surface area contributed by atoms with E-state index in [0.717, 1.165) is 17.2 Å². The van der Waals surface area contributed by atoms with Crippen molar-refractivity contribution in [3.8, 4) is 17.2 Å². The number of nitrogens with one attached hydrogen (secondary N) is 1. The first-order valence-corrected chi connectivity index (χ1v) is 8.05. The van der Waals surface area contributed by atoms with Crippen LogP contribution in [0.15, 0.2) is 73.1 Å². The summed E-state index contributed by atoms with van der Waals surface area (Å²) in [7, 11) is 1.62. The minimum absolute atomic E-state index is 0.118. The van der Waals surface area contributed by atoms with Gasteiger partial charge >= 0.3 is 0 Å². The number of aromatic nitrogens is 1. The smallest absolute Gasteiger partial charge is 0.251 e. The maximum absolute atomic E-state index is 12.3. The van der Waals surface area contributed by atoms with E-state index in [4.69, 9.17) is 9.47 Å². The van der Waals surface area contributed by atoms with Gasteiger partial charge < -0.3 is 19.4 Å². The van der Waals surface area contributed by atoms with E-state index in [1.54, 1.807) is 13.2 Å². The number of hydrogen-bond donors (Lipinski definition) is 1. The lowest BCUT2D eigenvalue weighted by Crippen LogP contribution is -2.28. The lowest BCUT2D eigenvalue weighted by atomic mass is 10.2. The van der Waals surface area contributed by atoms with E-state index in [9.17, 15) is 4.79 Å². The number of hydrogen-bond acceptors (Lipinski definition) is 3. The van der Waals surface area contributed by atoms with Crippen LogP contribution >= 0.6 is 0 Å². The molecule has 0 bridgehead atoms. The molecule has 1 N–H and O–H groups in total. The quantitative estimate of drug-likeness (QED) is 0.674. The number of amides is 1. The van der Waals surface area contributed by atoms with Crippen LogP contribution in [0.25, 0.3) is 5.69 Å². The van der Waals surface area contributed by atoms with E-state index in [-0.39, 0.29) is 5.91 Å². The number of carbonyl (C=O) groups excluding carboxylic acids is 1. The van der Waals surface area contributed by atoms with Crippen molar-refractivity contribution in [2.24, 2.45) is 0 Å². The van der Waals surface area contributed by atoms with Crippen LogP contribution in [0.5, 0.6) is 11.5 Å². The van der Waals surface area contributed by atoms with Gasteiger partial charge in [-0.2, -0.15) is 0 Å². The molecule has 1 aromatic heterocycles. The van der Waals surface area contributed by atoms with Gasteiger partial charge in [0.2, 0.25) is 0 Å². The van der Waals surface area contributed by atoms with Crippen LogP contribution in [0.3, 0.4) is 0 Å². The zero-order chi connectivity index (χ0) is 17.5. The first kappa shape index (κ1) is 16.6. The fourth-order valence-corrected chi connectivity index (χ4v) is 2.42. The van der Waals surface area contributed by atoms with Crippen molar-refractivity contribution < 1.29 is 14.3 Å². The third-order valence-corrected chi connectivity index (χ3v) is 3.73. The second-order valence-electron chi connectivity index (χ2n) is 5.42. The third kappa shape index (κ3) is 4.41. The van der Waals surface area contributed by atoms with Crippen LogP contribution in [0.2, 0.25) is 0 Å². The molecule has 3 aromatic rings. The molecule has 0 saturated carbocycles. The normalized spacial score (nSPS) is 10.3. The van der Waals surface area contributed by atoms with Gasteiger partial charge in [0, 0.05) is 23.6 Å². The Morgan fingerprint density at radius 3 is 2.44 bits per heavy atom. The Kier molecular flexibility index (Phi) is 5.36. The molecule has 0 unspecified atom stereocenters. The SMILES string of the molecule is COc1ccc(OCCNC(=O)c2cccc(-n3cccc3)c2)cc1. The van der Waals surface area contributed by atoms with Crippen LogP contribution in [0.4, 0.5) is 0 Å². The summed E-state index contributed by atoms with van der Waals surface area (Å²) >= 11 is 0. The average molecular weight is 336 g/mol. The van der Waals surface area contributed by atoms with Gasteiger partial charge in [0.25, 0.3) is 5.91 Å². The van der Waals surface area contributed by atoms with E-state index >= 15 is 0 Å². The molecule has 128 valence electrons. The molecule has 1 heterocycles. The molecule has 0 atom stereocenters. The number of methoxy groups -OCH3 is 1. The molecular formula is C20H20N2O3. The largest absolute Gasteiger partial charge is 0.497 e. The molecule has 0 fully saturated rings. The maximum atomic E-state index is 12.3. The van der Waals surface area contributed by atoms with Crippen LogP contribution in [-0.4, -0.2) is 30.7 Å². The molecule has 0 radical (unpaired) electrons.